The van der Waals surface area contributed by atoms with Gasteiger partial charge in [0.2, 0.25) is 0 Å². The van der Waals surface area contributed by atoms with Crippen molar-refractivity contribution in [2.75, 3.05) is 0 Å². The molecule has 0 bridgehead atoms. The second-order valence-corrected chi connectivity index (χ2v) is 8.19. The highest BCUT2D eigenvalue weighted by Gasteiger charge is 2.42. The summed E-state index contributed by atoms with van der Waals surface area (Å²) in [7, 11) is 0. The lowest BCUT2D eigenvalue weighted by molar-refractivity contribution is -0.162. The highest BCUT2D eigenvalue weighted by atomic mass is 16.5. The van der Waals surface area contributed by atoms with Crippen molar-refractivity contribution in [3.8, 4) is 0 Å². The molecule has 1 aliphatic heterocycles. The van der Waals surface area contributed by atoms with Gasteiger partial charge in [-0.25, -0.2) is 0 Å². The van der Waals surface area contributed by atoms with E-state index >= 15 is 0 Å². The first kappa shape index (κ1) is 12.9. The Hall–Kier alpha value is -1.62. The van der Waals surface area contributed by atoms with E-state index in [-0.39, 0.29) is 31.1 Å². The van der Waals surface area contributed by atoms with Crippen LogP contribution < -0.4 is 0 Å². The normalized spacial score (nSPS) is 46.2. The monoisotopic (exact) mass is 413 g/mol. The fraction of sp³-hybridized carbons (Fsp3) is 0.750. The van der Waals surface area contributed by atoms with Gasteiger partial charge in [0.1, 0.15) is 12.2 Å². The number of esters is 2. The minimum atomic E-state index is -2.94. The zero-order chi connectivity index (χ0) is 28.8. The summed E-state index contributed by atoms with van der Waals surface area (Å²) in [5.74, 6) is -6.54. The first-order valence-electron chi connectivity index (χ1n) is 14.8. The van der Waals surface area contributed by atoms with Crippen LogP contribution in [0.25, 0.3) is 0 Å². The first-order chi connectivity index (χ1) is 17.3. The van der Waals surface area contributed by atoms with Gasteiger partial charge < -0.3 is 14.6 Å². The largest absolute Gasteiger partial charge is 0.462 e. The van der Waals surface area contributed by atoms with Crippen LogP contribution in [0, 0.1) is 29.6 Å². The molecule has 2 aliphatic carbocycles. The molecule has 5 nitrogen and oxygen atoms in total. The second kappa shape index (κ2) is 9.46. The zero-order valence-corrected chi connectivity index (χ0v) is 16.9. The van der Waals surface area contributed by atoms with Crippen LogP contribution in [0.3, 0.4) is 0 Å². The predicted molar refractivity (Wildman–Crippen MR) is 111 cm³/mol. The molecule has 8 atom stereocenters. The van der Waals surface area contributed by atoms with Crippen molar-refractivity contribution in [3.63, 3.8) is 0 Å². The third-order valence-corrected chi connectivity index (χ3v) is 6.12. The molecule has 162 valence electrons. The predicted octanol–water partition coefficient (Wildman–Crippen LogP) is 4.20. The van der Waals surface area contributed by atoms with Crippen LogP contribution in [0.15, 0.2) is 23.8 Å². The fourth-order valence-electron chi connectivity index (χ4n) is 4.59. The summed E-state index contributed by atoms with van der Waals surface area (Å²) in [6, 6.07) is 0. The molecule has 3 rings (SSSR count). The molecule has 0 aromatic rings. The highest BCUT2D eigenvalue weighted by Crippen LogP contribution is 2.45. The van der Waals surface area contributed by atoms with Crippen LogP contribution in [-0.4, -0.2) is 35.4 Å². The first-order valence-corrected chi connectivity index (χ1v) is 10.3. The average Bonchev–Trinajstić information content (AvgIpc) is 2.80. The summed E-state index contributed by atoms with van der Waals surface area (Å²) < 4.78 is 81.5. The molecular formula is C24H36O5. The lowest BCUT2D eigenvalue weighted by Gasteiger charge is -2.43. The lowest BCUT2D eigenvalue weighted by atomic mass is 9.65. The standard InChI is InChI=1S/C24H36O5/c1-5-15(3)24(27)29-21-11-14(2)10-17-7-6-16(4)20(23(17)21)9-8-19-12-18(25)13-22(26)28-19/h6-7,10,14-16,18-21,23,25H,5,8-9,11-13H2,1-4H3/t14-,15-,16-,18+,19?,20-,21-,23-/m0/s1/i2D3,3D3,13D2,15D. The summed E-state index contributed by atoms with van der Waals surface area (Å²) in [5.41, 5.74) is 0.649. The Morgan fingerprint density at radius 1 is 1.48 bits per heavy atom. The summed E-state index contributed by atoms with van der Waals surface area (Å²) in [6.45, 7) is -1.97. The second-order valence-electron chi connectivity index (χ2n) is 8.19. The molecule has 1 saturated heterocycles. The van der Waals surface area contributed by atoms with Crippen LogP contribution in [0.2, 0.25) is 0 Å². The third kappa shape index (κ3) is 5.30. The van der Waals surface area contributed by atoms with E-state index in [4.69, 9.17) is 21.8 Å². The molecule has 1 N–H and O–H groups in total. The Morgan fingerprint density at radius 2 is 2.31 bits per heavy atom. The Morgan fingerprint density at radius 3 is 3.00 bits per heavy atom. The SMILES string of the molecule is [2H]C([2H])([2H])[C@H]1C=C2C=C[C@H](C)[C@H](CCC3C[C@@H](O)C([2H])([2H])C(=O)O3)[C@H]2[C@@H](OC(=O)[C@]([2H])(CC)C([2H])([2H])[2H])C1. The maximum absolute atomic E-state index is 13.1. The average molecular weight is 414 g/mol. The number of carbonyl (C=O) groups excluding carboxylic acids is 2. The van der Waals surface area contributed by atoms with Gasteiger partial charge in [0.05, 0.1) is 18.4 Å². The quantitative estimate of drug-likeness (QED) is 0.661. The summed E-state index contributed by atoms with van der Waals surface area (Å²) in [5, 5.41) is 10.1. The van der Waals surface area contributed by atoms with E-state index in [1.165, 1.54) is 6.92 Å². The van der Waals surface area contributed by atoms with Crippen molar-refractivity contribution < 1.29 is 36.5 Å². The van der Waals surface area contributed by atoms with Gasteiger partial charge in [0.25, 0.3) is 0 Å². The van der Waals surface area contributed by atoms with Gasteiger partial charge in [0, 0.05) is 24.7 Å². The number of rotatable bonds is 6. The summed E-state index contributed by atoms with van der Waals surface area (Å²) in [6.07, 6.45) is -0.0692. The molecule has 0 spiro atoms. The van der Waals surface area contributed by atoms with Gasteiger partial charge in [-0.1, -0.05) is 45.8 Å². The molecule has 5 heteroatoms. The van der Waals surface area contributed by atoms with E-state index in [0.717, 1.165) is 0 Å². The van der Waals surface area contributed by atoms with Crippen molar-refractivity contribution in [2.45, 2.75) is 84.3 Å². The maximum Gasteiger partial charge on any atom is 0.308 e. The number of carbonyl (C=O) groups is 2. The van der Waals surface area contributed by atoms with Gasteiger partial charge in [-0.15, -0.1) is 0 Å². The van der Waals surface area contributed by atoms with E-state index < -0.39 is 68.1 Å². The Labute approximate surface area is 187 Å². The summed E-state index contributed by atoms with van der Waals surface area (Å²) in [4.78, 5) is 25.1. The zero-order valence-electron chi connectivity index (χ0n) is 25.9. The minimum absolute atomic E-state index is 0.0622. The van der Waals surface area contributed by atoms with Crippen LogP contribution in [0.1, 0.15) is 78.4 Å². The van der Waals surface area contributed by atoms with Crippen LogP contribution in [0.4, 0.5) is 0 Å². The Bertz CT molecular complexity index is 973. The highest BCUT2D eigenvalue weighted by molar-refractivity contribution is 5.72. The number of hydrogen-bond donors (Lipinski definition) is 1. The topological polar surface area (TPSA) is 72.8 Å². The van der Waals surface area contributed by atoms with Crippen molar-refractivity contribution >= 4 is 11.9 Å². The number of cyclic esters (lactones) is 1. The van der Waals surface area contributed by atoms with Gasteiger partial charge in [-0.3, -0.25) is 9.59 Å². The molecule has 1 heterocycles. The molecule has 0 radical (unpaired) electrons. The van der Waals surface area contributed by atoms with Gasteiger partial charge in [-0.05, 0) is 49.0 Å². The van der Waals surface area contributed by atoms with Crippen molar-refractivity contribution in [3.05, 3.63) is 23.8 Å². The molecule has 29 heavy (non-hydrogen) atoms. The number of fused-ring (bicyclic) bond motifs is 1. The number of ether oxygens (including phenoxy) is 2. The minimum Gasteiger partial charge on any atom is -0.462 e. The fourth-order valence-corrected chi connectivity index (χ4v) is 4.59. The molecule has 0 saturated carbocycles. The maximum atomic E-state index is 13.1. The molecule has 1 fully saturated rings. The number of aliphatic hydroxyl groups is 1. The van der Waals surface area contributed by atoms with E-state index in [1.807, 2.05) is 13.0 Å². The van der Waals surface area contributed by atoms with Crippen molar-refractivity contribution in [1.29, 1.82) is 0 Å². The van der Waals surface area contributed by atoms with Crippen molar-refractivity contribution in [2.24, 2.45) is 29.6 Å². The van der Waals surface area contributed by atoms with Gasteiger partial charge in [-0.2, -0.15) is 0 Å². The van der Waals surface area contributed by atoms with E-state index in [9.17, 15) is 14.7 Å². The smallest absolute Gasteiger partial charge is 0.308 e. The lowest BCUT2D eigenvalue weighted by Crippen LogP contribution is -2.42. The summed E-state index contributed by atoms with van der Waals surface area (Å²) >= 11 is 0. The third-order valence-electron chi connectivity index (χ3n) is 6.12. The van der Waals surface area contributed by atoms with Crippen LogP contribution in [-0.2, 0) is 19.1 Å². The Balaban J connectivity index is 1.89. The molecular weight excluding hydrogens is 368 g/mol. The van der Waals surface area contributed by atoms with E-state index in [0.29, 0.717) is 18.4 Å². The molecule has 1 unspecified atom stereocenters. The molecule has 0 aromatic heterocycles. The van der Waals surface area contributed by atoms with Crippen LogP contribution in [0.5, 0.6) is 0 Å². The molecule has 0 amide bonds. The molecule has 3 aliphatic rings. The van der Waals surface area contributed by atoms with Gasteiger partial charge in [0.15, 0.2) is 0 Å². The van der Waals surface area contributed by atoms with E-state index in [1.54, 1.807) is 12.2 Å². The van der Waals surface area contributed by atoms with Crippen molar-refractivity contribution in [1.82, 2.24) is 0 Å². The van der Waals surface area contributed by atoms with E-state index in [2.05, 4.69) is 0 Å². The molecule has 0 aromatic carbocycles. The number of hydrogen-bond acceptors (Lipinski definition) is 5. The number of aliphatic hydroxyl groups excluding tert-OH is 1. The number of allylic oxidation sites excluding steroid dienone is 3. The Kier molecular flexibility index (Phi) is 4.22. The van der Waals surface area contributed by atoms with Crippen LogP contribution >= 0.6 is 0 Å². The van der Waals surface area contributed by atoms with Gasteiger partial charge >= 0.3 is 11.9 Å².